The van der Waals surface area contributed by atoms with E-state index in [0.717, 1.165) is 0 Å². The lowest BCUT2D eigenvalue weighted by Crippen LogP contribution is -2.51. The van der Waals surface area contributed by atoms with Gasteiger partial charge in [-0.25, -0.2) is 14.0 Å². The van der Waals surface area contributed by atoms with Crippen LogP contribution in [0.4, 0.5) is 9.18 Å². The minimum Gasteiger partial charge on any atom is -0.466 e. The van der Waals surface area contributed by atoms with E-state index in [4.69, 9.17) is 9.47 Å². The fourth-order valence-electron chi connectivity index (χ4n) is 4.39. The highest BCUT2D eigenvalue weighted by Crippen LogP contribution is 2.33. The Balaban J connectivity index is 1.93. The molecular weight excluding hydrogens is 429 g/mol. The van der Waals surface area contributed by atoms with Gasteiger partial charge in [0.25, 0.3) is 0 Å². The van der Waals surface area contributed by atoms with Crippen molar-refractivity contribution in [1.29, 1.82) is 0 Å². The Labute approximate surface area is 193 Å². The maximum atomic E-state index is 14.0. The smallest absolute Gasteiger partial charge is 0.338 e. The molecule has 9 heteroatoms. The van der Waals surface area contributed by atoms with Crippen molar-refractivity contribution in [1.82, 2.24) is 15.1 Å². The van der Waals surface area contributed by atoms with Gasteiger partial charge in [0, 0.05) is 18.8 Å². The van der Waals surface area contributed by atoms with Crippen molar-refractivity contribution in [2.24, 2.45) is 5.92 Å². The highest BCUT2D eigenvalue weighted by atomic mass is 19.1. The topological polar surface area (TPSA) is 88.2 Å². The van der Waals surface area contributed by atoms with E-state index in [-0.39, 0.29) is 24.5 Å². The number of carbonyl (C=O) groups is 3. The number of nitrogens with one attached hydrogen (secondary N) is 1. The molecule has 1 N–H and O–H groups in total. The minimum atomic E-state index is -0.817. The normalized spacial score (nSPS) is 19.9. The van der Waals surface area contributed by atoms with Crippen molar-refractivity contribution in [2.75, 3.05) is 39.4 Å². The zero-order valence-electron chi connectivity index (χ0n) is 19.4. The molecule has 2 aliphatic heterocycles. The average molecular weight is 462 g/mol. The number of urea groups is 1. The summed E-state index contributed by atoms with van der Waals surface area (Å²) in [5.41, 5.74) is 1.32. The van der Waals surface area contributed by atoms with E-state index in [1.54, 1.807) is 26.0 Å². The first-order chi connectivity index (χ1) is 15.9. The average Bonchev–Trinajstić information content (AvgIpc) is 2.79. The third-order valence-corrected chi connectivity index (χ3v) is 6.01. The molecule has 0 saturated carbocycles. The van der Waals surface area contributed by atoms with Crippen LogP contribution in [-0.4, -0.2) is 67.2 Å². The van der Waals surface area contributed by atoms with Gasteiger partial charge in [-0.2, -0.15) is 0 Å². The van der Waals surface area contributed by atoms with E-state index in [1.807, 2.05) is 6.92 Å². The molecule has 8 nitrogen and oxygen atoms in total. The number of esters is 2. The van der Waals surface area contributed by atoms with E-state index in [2.05, 4.69) is 10.2 Å². The van der Waals surface area contributed by atoms with Gasteiger partial charge < -0.3 is 14.8 Å². The van der Waals surface area contributed by atoms with Crippen LogP contribution in [0.5, 0.6) is 0 Å². The first-order valence-electron chi connectivity index (χ1n) is 11.5. The third-order valence-electron chi connectivity index (χ3n) is 6.01. The number of hydrogen-bond donors (Lipinski definition) is 1. The molecule has 2 heterocycles. The van der Waals surface area contributed by atoms with Crippen LogP contribution in [0.15, 0.2) is 35.5 Å². The zero-order valence-corrected chi connectivity index (χ0v) is 19.4. The van der Waals surface area contributed by atoms with Gasteiger partial charge >= 0.3 is 18.0 Å². The number of benzene rings is 1. The standard InChI is InChI=1S/C24H32FN3O5/c1-4-28-19(15-27-12-10-16(11-13-27)22(29)32-5-2)20(23(30)33-6-3)21(26-24(28)31)17-8-7-9-18(25)14-17/h7-9,14,16,21H,4-6,10-13,15H2,1-3H3,(H,26,31)/t21-/m1/s1. The molecule has 0 spiro atoms. The van der Waals surface area contributed by atoms with E-state index < -0.39 is 17.8 Å². The van der Waals surface area contributed by atoms with Crippen molar-refractivity contribution in [3.63, 3.8) is 0 Å². The van der Waals surface area contributed by atoms with Gasteiger partial charge in [-0.15, -0.1) is 0 Å². The molecule has 180 valence electrons. The summed E-state index contributed by atoms with van der Waals surface area (Å²) in [6.45, 7) is 7.84. The lowest BCUT2D eigenvalue weighted by atomic mass is 9.93. The molecule has 3 rings (SSSR count). The Morgan fingerprint density at radius 3 is 2.42 bits per heavy atom. The zero-order chi connectivity index (χ0) is 24.0. The Morgan fingerprint density at radius 1 is 1.12 bits per heavy atom. The molecule has 1 saturated heterocycles. The Hall–Kier alpha value is -2.94. The van der Waals surface area contributed by atoms with Crippen LogP contribution in [0, 0.1) is 11.7 Å². The number of piperidine rings is 1. The van der Waals surface area contributed by atoms with Crippen LogP contribution in [0.1, 0.15) is 45.2 Å². The molecule has 1 aromatic rings. The van der Waals surface area contributed by atoms with Crippen molar-refractivity contribution in [3.05, 3.63) is 46.9 Å². The number of amides is 2. The number of rotatable bonds is 8. The van der Waals surface area contributed by atoms with Crippen LogP contribution in [0.3, 0.4) is 0 Å². The second-order valence-corrected chi connectivity index (χ2v) is 8.07. The molecule has 0 radical (unpaired) electrons. The van der Waals surface area contributed by atoms with Crippen LogP contribution < -0.4 is 5.32 Å². The van der Waals surface area contributed by atoms with Gasteiger partial charge in [0.05, 0.1) is 30.7 Å². The van der Waals surface area contributed by atoms with E-state index in [1.165, 1.54) is 17.0 Å². The molecule has 2 amide bonds. The summed E-state index contributed by atoms with van der Waals surface area (Å²) in [6, 6.07) is 4.68. The van der Waals surface area contributed by atoms with Gasteiger partial charge in [0.15, 0.2) is 0 Å². The summed E-state index contributed by atoms with van der Waals surface area (Å²) in [5, 5.41) is 2.84. The first-order valence-corrected chi connectivity index (χ1v) is 11.5. The van der Waals surface area contributed by atoms with Gasteiger partial charge in [0.2, 0.25) is 0 Å². The third kappa shape index (κ3) is 5.71. The van der Waals surface area contributed by atoms with Gasteiger partial charge in [-0.3, -0.25) is 14.6 Å². The Morgan fingerprint density at radius 2 is 1.82 bits per heavy atom. The second kappa shape index (κ2) is 11.3. The number of hydrogen-bond acceptors (Lipinski definition) is 6. The Kier molecular flexibility index (Phi) is 8.43. The number of nitrogens with zero attached hydrogens (tertiary/aromatic N) is 2. The van der Waals surface area contributed by atoms with Gasteiger partial charge in [0.1, 0.15) is 5.82 Å². The summed E-state index contributed by atoms with van der Waals surface area (Å²) in [4.78, 5) is 41.7. The molecule has 0 bridgehead atoms. The second-order valence-electron chi connectivity index (χ2n) is 8.07. The van der Waals surface area contributed by atoms with E-state index >= 15 is 0 Å². The summed E-state index contributed by atoms with van der Waals surface area (Å²) in [5.74, 6) is -1.31. The fourth-order valence-corrected chi connectivity index (χ4v) is 4.39. The maximum absolute atomic E-state index is 14.0. The van der Waals surface area contributed by atoms with Crippen molar-refractivity contribution >= 4 is 18.0 Å². The minimum absolute atomic E-state index is 0.142. The van der Waals surface area contributed by atoms with E-state index in [0.29, 0.717) is 62.5 Å². The summed E-state index contributed by atoms with van der Waals surface area (Å²) in [7, 11) is 0. The van der Waals surface area contributed by atoms with Gasteiger partial charge in [-0.05, 0) is 64.4 Å². The number of likely N-dealkylation sites (N-methyl/N-ethyl adjacent to an activating group) is 1. The Bertz CT molecular complexity index is 911. The molecule has 1 atom stereocenters. The molecule has 0 aliphatic carbocycles. The van der Waals surface area contributed by atoms with Crippen LogP contribution in [0.2, 0.25) is 0 Å². The highest BCUT2D eigenvalue weighted by Gasteiger charge is 2.39. The quantitative estimate of drug-likeness (QED) is 0.599. The summed E-state index contributed by atoms with van der Waals surface area (Å²) >= 11 is 0. The van der Waals surface area contributed by atoms with Crippen LogP contribution in [-0.2, 0) is 19.1 Å². The molecule has 33 heavy (non-hydrogen) atoms. The fraction of sp³-hybridized carbons (Fsp3) is 0.542. The van der Waals surface area contributed by atoms with E-state index in [9.17, 15) is 18.8 Å². The first kappa shape index (κ1) is 24.7. The number of likely N-dealkylation sites (tertiary alicyclic amines) is 1. The summed E-state index contributed by atoms with van der Waals surface area (Å²) in [6.07, 6.45) is 1.29. The highest BCUT2D eigenvalue weighted by molar-refractivity contribution is 5.95. The van der Waals surface area contributed by atoms with Crippen molar-refractivity contribution in [3.8, 4) is 0 Å². The SMILES string of the molecule is CCOC(=O)C1=C(CN2CCC(C(=O)OCC)CC2)N(CC)C(=O)N[C@@H]1c1cccc(F)c1. The monoisotopic (exact) mass is 461 g/mol. The predicted octanol–water partition coefficient (Wildman–Crippen LogP) is 3.00. The number of carbonyl (C=O) groups excluding carboxylic acids is 3. The van der Waals surface area contributed by atoms with Crippen molar-refractivity contribution < 1.29 is 28.2 Å². The maximum Gasteiger partial charge on any atom is 0.338 e. The molecule has 1 aromatic carbocycles. The molecule has 2 aliphatic rings. The summed E-state index contributed by atoms with van der Waals surface area (Å²) < 4.78 is 24.4. The molecule has 0 aromatic heterocycles. The number of halogens is 1. The lowest BCUT2D eigenvalue weighted by molar-refractivity contribution is -0.149. The lowest BCUT2D eigenvalue weighted by Gasteiger charge is -2.39. The largest absolute Gasteiger partial charge is 0.466 e. The predicted molar refractivity (Wildman–Crippen MR) is 120 cm³/mol. The number of ether oxygens (including phenoxy) is 2. The van der Waals surface area contributed by atoms with Gasteiger partial charge in [-0.1, -0.05) is 12.1 Å². The van der Waals surface area contributed by atoms with Crippen LogP contribution in [0.25, 0.3) is 0 Å². The van der Waals surface area contributed by atoms with Crippen LogP contribution >= 0.6 is 0 Å². The van der Waals surface area contributed by atoms with Crippen molar-refractivity contribution in [2.45, 2.75) is 39.7 Å². The molecule has 0 unspecified atom stereocenters. The molecule has 1 fully saturated rings. The molecular formula is C24H32FN3O5.